The lowest BCUT2D eigenvalue weighted by Gasteiger charge is -2.14. The molecule has 0 saturated heterocycles. The lowest BCUT2D eigenvalue weighted by Crippen LogP contribution is -2.13. The van der Waals surface area contributed by atoms with Gasteiger partial charge in [-0.3, -0.25) is 0 Å². The van der Waals surface area contributed by atoms with Gasteiger partial charge in [0.1, 0.15) is 11.9 Å². The molecule has 1 N–H and O–H groups in total. The van der Waals surface area contributed by atoms with Gasteiger partial charge in [-0.05, 0) is 18.6 Å². The Morgan fingerprint density at radius 3 is 2.67 bits per heavy atom. The molecular formula is C11H16FNO2. The third-order valence-electron chi connectivity index (χ3n) is 2.18. The Hall–Kier alpha value is -1.13. The molecule has 0 amide bonds. The first-order valence-electron chi connectivity index (χ1n) is 4.76. The van der Waals surface area contributed by atoms with Crippen molar-refractivity contribution in [3.05, 3.63) is 29.3 Å². The van der Waals surface area contributed by atoms with Gasteiger partial charge in [0.05, 0.1) is 14.2 Å². The Morgan fingerprint density at radius 1 is 1.40 bits per heavy atom. The Kier molecular flexibility index (Phi) is 4.52. The first-order chi connectivity index (χ1) is 7.20. The summed E-state index contributed by atoms with van der Waals surface area (Å²) in [4.78, 5) is 4.74. The minimum Gasteiger partial charge on any atom is -0.496 e. The Bertz CT molecular complexity index is 315. The summed E-state index contributed by atoms with van der Waals surface area (Å²) >= 11 is 0. The van der Waals surface area contributed by atoms with Crippen molar-refractivity contribution < 1.29 is 14.0 Å². The van der Waals surface area contributed by atoms with E-state index in [2.05, 4.69) is 5.48 Å². The van der Waals surface area contributed by atoms with E-state index in [9.17, 15) is 4.39 Å². The molecule has 0 heterocycles. The highest BCUT2D eigenvalue weighted by Gasteiger charge is 2.14. The molecule has 1 atom stereocenters. The van der Waals surface area contributed by atoms with E-state index in [4.69, 9.17) is 9.57 Å². The van der Waals surface area contributed by atoms with Gasteiger partial charge in [-0.2, -0.15) is 5.48 Å². The van der Waals surface area contributed by atoms with Gasteiger partial charge in [0.2, 0.25) is 0 Å². The number of ether oxygens (including phenoxy) is 1. The van der Waals surface area contributed by atoms with Crippen LogP contribution in [0.3, 0.4) is 0 Å². The fourth-order valence-corrected chi connectivity index (χ4v) is 1.52. The summed E-state index contributed by atoms with van der Waals surface area (Å²) in [5.41, 5.74) is 4.10. The fourth-order valence-electron chi connectivity index (χ4n) is 1.52. The maximum absolute atomic E-state index is 13.4. The fraction of sp³-hybridized carbons (Fsp3) is 0.455. The summed E-state index contributed by atoms with van der Waals surface area (Å²) in [5, 5.41) is 0. The highest BCUT2D eigenvalue weighted by atomic mass is 19.1. The smallest absolute Gasteiger partial charge is 0.126 e. The van der Waals surface area contributed by atoms with Crippen molar-refractivity contribution in [2.75, 3.05) is 14.2 Å². The molecule has 84 valence electrons. The SMILES string of the molecule is CONCc1cccc(OC)c1C(C)F. The van der Waals surface area contributed by atoms with Crippen LogP contribution in [0.5, 0.6) is 5.75 Å². The Morgan fingerprint density at radius 2 is 2.13 bits per heavy atom. The van der Waals surface area contributed by atoms with Crippen LogP contribution in [-0.4, -0.2) is 14.2 Å². The molecule has 4 heteroatoms. The van der Waals surface area contributed by atoms with Gasteiger partial charge < -0.3 is 9.57 Å². The second kappa shape index (κ2) is 5.68. The topological polar surface area (TPSA) is 30.5 Å². The summed E-state index contributed by atoms with van der Waals surface area (Å²) in [5.74, 6) is 0.570. The molecule has 1 aromatic carbocycles. The normalized spacial score (nSPS) is 12.5. The largest absolute Gasteiger partial charge is 0.496 e. The van der Waals surface area contributed by atoms with Crippen molar-refractivity contribution in [1.29, 1.82) is 0 Å². The maximum atomic E-state index is 13.4. The zero-order chi connectivity index (χ0) is 11.3. The average molecular weight is 213 g/mol. The zero-order valence-electron chi connectivity index (χ0n) is 9.21. The van der Waals surface area contributed by atoms with Crippen LogP contribution in [0.1, 0.15) is 24.2 Å². The van der Waals surface area contributed by atoms with E-state index in [0.29, 0.717) is 17.9 Å². The summed E-state index contributed by atoms with van der Waals surface area (Å²) in [7, 11) is 3.06. The average Bonchev–Trinajstić information content (AvgIpc) is 2.25. The van der Waals surface area contributed by atoms with E-state index in [1.807, 2.05) is 12.1 Å². The number of hydrogen-bond donors (Lipinski definition) is 1. The highest BCUT2D eigenvalue weighted by Crippen LogP contribution is 2.30. The quantitative estimate of drug-likeness (QED) is 0.762. The lowest BCUT2D eigenvalue weighted by atomic mass is 10.0. The molecule has 1 aromatic rings. The molecule has 1 unspecified atom stereocenters. The standard InChI is InChI=1S/C11H16FNO2/c1-8(12)11-9(7-13-15-3)5-4-6-10(11)14-2/h4-6,8,13H,7H2,1-3H3. The summed E-state index contributed by atoms with van der Waals surface area (Å²) in [6.07, 6.45) is -1.06. The minimum absolute atomic E-state index is 0.456. The molecule has 0 saturated carbocycles. The minimum atomic E-state index is -1.06. The van der Waals surface area contributed by atoms with E-state index in [0.717, 1.165) is 5.56 Å². The molecule has 0 aromatic heterocycles. The van der Waals surface area contributed by atoms with Crippen LogP contribution in [-0.2, 0) is 11.4 Å². The molecule has 1 rings (SSSR count). The number of methoxy groups -OCH3 is 1. The third-order valence-corrected chi connectivity index (χ3v) is 2.18. The monoisotopic (exact) mass is 213 g/mol. The molecule has 3 nitrogen and oxygen atoms in total. The predicted octanol–water partition coefficient (Wildman–Crippen LogP) is 2.38. The number of hydroxylamine groups is 1. The molecule has 0 radical (unpaired) electrons. The number of rotatable bonds is 5. The summed E-state index contributed by atoms with van der Waals surface area (Å²) < 4.78 is 18.5. The van der Waals surface area contributed by atoms with Gasteiger partial charge in [-0.1, -0.05) is 12.1 Å². The Balaban J connectivity index is 3.02. The second-order valence-corrected chi connectivity index (χ2v) is 3.17. The molecule has 0 aliphatic heterocycles. The van der Waals surface area contributed by atoms with Gasteiger partial charge in [0.15, 0.2) is 0 Å². The van der Waals surface area contributed by atoms with E-state index >= 15 is 0 Å². The molecule has 15 heavy (non-hydrogen) atoms. The van der Waals surface area contributed by atoms with Crippen molar-refractivity contribution in [3.8, 4) is 5.75 Å². The van der Waals surface area contributed by atoms with Crippen LogP contribution in [0.25, 0.3) is 0 Å². The van der Waals surface area contributed by atoms with Gasteiger partial charge >= 0.3 is 0 Å². The van der Waals surface area contributed by atoms with Crippen molar-refractivity contribution in [1.82, 2.24) is 5.48 Å². The number of alkyl halides is 1. The molecule has 0 fully saturated rings. The number of nitrogens with one attached hydrogen (secondary N) is 1. The molecular weight excluding hydrogens is 197 g/mol. The number of halogens is 1. The van der Waals surface area contributed by atoms with Gasteiger partial charge in [-0.25, -0.2) is 4.39 Å². The molecule has 0 spiro atoms. The number of hydrogen-bond acceptors (Lipinski definition) is 3. The van der Waals surface area contributed by atoms with Crippen LogP contribution >= 0.6 is 0 Å². The summed E-state index contributed by atoms with van der Waals surface area (Å²) in [6, 6.07) is 5.43. The van der Waals surface area contributed by atoms with Gasteiger partial charge in [0, 0.05) is 12.1 Å². The first kappa shape index (κ1) is 11.9. The molecule has 0 aliphatic rings. The molecule has 0 aliphatic carbocycles. The van der Waals surface area contributed by atoms with Crippen LogP contribution in [0.15, 0.2) is 18.2 Å². The van der Waals surface area contributed by atoms with Crippen LogP contribution in [0.4, 0.5) is 4.39 Å². The van der Waals surface area contributed by atoms with Crippen molar-refractivity contribution in [2.45, 2.75) is 19.6 Å². The Labute approximate surface area is 89.2 Å². The first-order valence-corrected chi connectivity index (χ1v) is 4.76. The lowest BCUT2D eigenvalue weighted by molar-refractivity contribution is 0.0862. The van der Waals surface area contributed by atoms with E-state index in [-0.39, 0.29) is 0 Å². The van der Waals surface area contributed by atoms with Crippen LogP contribution in [0.2, 0.25) is 0 Å². The second-order valence-electron chi connectivity index (χ2n) is 3.17. The van der Waals surface area contributed by atoms with Crippen LogP contribution in [0, 0.1) is 0 Å². The van der Waals surface area contributed by atoms with Crippen LogP contribution < -0.4 is 10.2 Å². The van der Waals surface area contributed by atoms with Crippen molar-refractivity contribution in [3.63, 3.8) is 0 Å². The van der Waals surface area contributed by atoms with Gasteiger partial charge in [0.25, 0.3) is 0 Å². The molecule has 0 bridgehead atoms. The van der Waals surface area contributed by atoms with Crippen molar-refractivity contribution >= 4 is 0 Å². The summed E-state index contributed by atoms with van der Waals surface area (Å²) in [6.45, 7) is 1.95. The van der Waals surface area contributed by atoms with E-state index < -0.39 is 6.17 Å². The van der Waals surface area contributed by atoms with Gasteiger partial charge in [-0.15, -0.1) is 0 Å². The van der Waals surface area contributed by atoms with E-state index in [1.54, 1.807) is 6.07 Å². The van der Waals surface area contributed by atoms with Crippen molar-refractivity contribution in [2.24, 2.45) is 0 Å². The van der Waals surface area contributed by atoms with E-state index in [1.165, 1.54) is 21.1 Å². The zero-order valence-corrected chi connectivity index (χ0v) is 9.21. The number of benzene rings is 1. The highest BCUT2D eigenvalue weighted by molar-refractivity contribution is 5.41. The maximum Gasteiger partial charge on any atom is 0.126 e. The third kappa shape index (κ3) is 2.91. The predicted molar refractivity (Wildman–Crippen MR) is 56.4 cm³/mol.